The van der Waals surface area contributed by atoms with Crippen LogP contribution < -0.4 is 9.47 Å². The lowest BCUT2D eigenvalue weighted by molar-refractivity contribution is -0.146. The van der Waals surface area contributed by atoms with Crippen LogP contribution >= 0.6 is 0 Å². The zero-order valence-corrected chi connectivity index (χ0v) is 16.9. The number of rotatable bonds is 6. The highest BCUT2D eigenvalue weighted by atomic mass is 16.5. The van der Waals surface area contributed by atoms with Crippen molar-refractivity contribution in [2.24, 2.45) is 0 Å². The van der Waals surface area contributed by atoms with Crippen LogP contribution in [0.15, 0.2) is 18.2 Å². The van der Waals surface area contributed by atoms with E-state index < -0.39 is 5.54 Å². The van der Waals surface area contributed by atoms with E-state index in [9.17, 15) is 9.59 Å². The van der Waals surface area contributed by atoms with E-state index >= 15 is 0 Å². The summed E-state index contributed by atoms with van der Waals surface area (Å²) in [4.78, 5) is 30.7. The fraction of sp³-hybridized carbons (Fsp3) is 0.636. The molecule has 2 amide bonds. The van der Waals surface area contributed by atoms with Crippen LogP contribution in [0, 0.1) is 0 Å². The minimum Gasteiger partial charge on any atom is -0.490 e. The van der Waals surface area contributed by atoms with Gasteiger partial charge in [0.2, 0.25) is 5.91 Å². The molecular formula is C22H30N2O4. The summed E-state index contributed by atoms with van der Waals surface area (Å²) in [5, 5.41) is 0. The molecule has 2 saturated heterocycles. The Bertz CT molecular complexity index is 761. The molecule has 152 valence electrons. The van der Waals surface area contributed by atoms with Crippen molar-refractivity contribution in [2.45, 2.75) is 64.0 Å². The summed E-state index contributed by atoms with van der Waals surface area (Å²) in [6.07, 6.45) is 5.61. The monoisotopic (exact) mass is 386 g/mol. The van der Waals surface area contributed by atoms with Gasteiger partial charge in [0.25, 0.3) is 5.91 Å². The van der Waals surface area contributed by atoms with Crippen molar-refractivity contribution in [1.82, 2.24) is 9.80 Å². The molecule has 3 fully saturated rings. The standard InChI is InChI=1S/C22H30N2O4/c1-3-27-18-10-7-16(15-19(18)28-4-2)20(25)24-14-6-12-22(24)11-5-13-23(21(22)26)17-8-9-17/h7,10,15,17H,3-6,8-9,11-14H2,1-2H3. The van der Waals surface area contributed by atoms with Crippen LogP contribution in [0.5, 0.6) is 11.5 Å². The highest BCUT2D eigenvalue weighted by Crippen LogP contribution is 2.42. The van der Waals surface area contributed by atoms with Gasteiger partial charge in [0, 0.05) is 24.7 Å². The minimum absolute atomic E-state index is 0.0764. The van der Waals surface area contributed by atoms with Gasteiger partial charge in [-0.3, -0.25) is 9.59 Å². The lowest BCUT2D eigenvalue weighted by Crippen LogP contribution is -2.61. The van der Waals surface area contributed by atoms with Gasteiger partial charge in [-0.2, -0.15) is 0 Å². The van der Waals surface area contributed by atoms with Crippen LogP contribution in [-0.4, -0.2) is 59.5 Å². The lowest BCUT2D eigenvalue weighted by Gasteiger charge is -2.44. The third kappa shape index (κ3) is 3.23. The van der Waals surface area contributed by atoms with Crippen molar-refractivity contribution in [3.63, 3.8) is 0 Å². The van der Waals surface area contributed by atoms with Gasteiger partial charge >= 0.3 is 0 Å². The molecule has 6 heteroatoms. The molecular weight excluding hydrogens is 356 g/mol. The molecule has 3 aliphatic rings. The molecule has 4 rings (SSSR count). The first-order chi connectivity index (χ1) is 13.6. The minimum atomic E-state index is -0.651. The summed E-state index contributed by atoms with van der Waals surface area (Å²) in [5.41, 5.74) is -0.0908. The normalized spacial score (nSPS) is 24.7. The maximum Gasteiger partial charge on any atom is 0.254 e. The molecule has 28 heavy (non-hydrogen) atoms. The molecule has 1 unspecified atom stereocenters. The number of carbonyl (C=O) groups excluding carboxylic acids is 2. The summed E-state index contributed by atoms with van der Waals surface area (Å²) in [6.45, 7) is 6.34. The molecule has 1 aromatic rings. The Kier molecular flexibility index (Phi) is 5.21. The number of nitrogens with zero attached hydrogens (tertiary/aromatic N) is 2. The first kappa shape index (κ1) is 19.1. The Morgan fingerprint density at radius 2 is 1.75 bits per heavy atom. The quantitative estimate of drug-likeness (QED) is 0.753. The van der Waals surface area contributed by atoms with Crippen LogP contribution in [0.3, 0.4) is 0 Å². The fourth-order valence-electron chi connectivity index (χ4n) is 4.75. The molecule has 1 aromatic carbocycles. The number of hydrogen-bond donors (Lipinski definition) is 0. The van der Waals surface area contributed by atoms with E-state index in [1.54, 1.807) is 18.2 Å². The fourth-order valence-corrected chi connectivity index (χ4v) is 4.75. The Morgan fingerprint density at radius 3 is 2.43 bits per heavy atom. The van der Waals surface area contributed by atoms with Crippen LogP contribution in [0.1, 0.15) is 62.7 Å². The molecule has 0 radical (unpaired) electrons. The lowest BCUT2D eigenvalue weighted by atomic mass is 9.85. The number of piperidine rings is 1. The largest absolute Gasteiger partial charge is 0.490 e. The zero-order chi connectivity index (χ0) is 19.7. The second-order valence-corrected chi connectivity index (χ2v) is 7.95. The van der Waals surface area contributed by atoms with E-state index in [4.69, 9.17) is 9.47 Å². The number of amides is 2. The predicted octanol–water partition coefficient (Wildman–Crippen LogP) is 3.24. The number of hydrogen-bond acceptors (Lipinski definition) is 4. The van der Waals surface area contributed by atoms with Gasteiger partial charge in [0.05, 0.1) is 13.2 Å². The Labute approximate surface area is 166 Å². The highest BCUT2D eigenvalue weighted by Gasteiger charge is 2.54. The van der Waals surface area contributed by atoms with Crippen molar-refractivity contribution in [2.75, 3.05) is 26.3 Å². The van der Waals surface area contributed by atoms with Gasteiger partial charge < -0.3 is 19.3 Å². The molecule has 1 atom stereocenters. The third-order valence-corrected chi connectivity index (χ3v) is 6.16. The summed E-state index contributed by atoms with van der Waals surface area (Å²) >= 11 is 0. The van der Waals surface area contributed by atoms with E-state index in [0.717, 1.165) is 45.1 Å². The zero-order valence-electron chi connectivity index (χ0n) is 16.9. The summed E-state index contributed by atoms with van der Waals surface area (Å²) in [7, 11) is 0. The summed E-state index contributed by atoms with van der Waals surface area (Å²) < 4.78 is 11.3. The van der Waals surface area contributed by atoms with Gasteiger partial charge in [0.1, 0.15) is 5.54 Å². The molecule has 6 nitrogen and oxygen atoms in total. The second-order valence-electron chi connectivity index (χ2n) is 7.95. The maximum absolute atomic E-state index is 13.4. The first-order valence-electron chi connectivity index (χ1n) is 10.6. The summed E-state index contributed by atoms with van der Waals surface area (Å²) in [6, 6.07) is 5.74. The van der Waals surface area contributed by atoms with Crippen molar-refractivity contribution in [3.8, 4) is 11.5 Å². The number of likely N-dealkylation sites (tertiary alicyclic amines) is 2. The van der Waals surface area contributed by atoms with Gasteiger partial charge in [-0.15, -0.1) is 0 Å². The van der Waals surface area contributed by atoms with Crippen LogP contribution in [0.25, 0.3) is 0 Å². The Hall–Kier alpha value is -2.24. The third-order valence-electron chi connectivity index (χ3n) is 6.16. The van der Waals surface area contributed by atoms with E-state index in [2.05, 4.69) is 0 Å². The van der Waals surface area contributed by atoms with E-state index in [1.807, 2.05) is 23.6 Å². The van der Waals surface area contributed by atoms with Gasteiger partial charge in [-0.1, -0.05) is 0 Å². The molecule has 0 bridgehead atoms. The van der Waals surface area contributed by atoms with Crippen LogP contribution in [0.4, 0.5) is 0 Å². The van der Waals surface area contributed by atoms with E-state index in [-0.39, 0.29) is 11.8 Å². The molecule has 2 heterocycles. The summed E-state index contributed by atoms with van der Waals surface area (Å²) in [5.74, 6) is 1.32. The van der Waals surface area contributed by atoms with Gasteiger partial charge in [-0.05, 0) is 70.6 Å². The molecule has 1 aliphatic carbocycles. The van der Waals surface area contributed by atoms with E-state index in [0.29, 0.717) is 42.9 Å². The van der Waals surface area contributed by atoms with Crippen molar-refractivity contribution in [1.29, 1.82) is 0 Å². The average Bonchev–Trinajstić information content (AvgIpc) is 3.45. The van der Waals surface area contributed by atoms with Crippen molar-refractivity contribution >= 4 is 11.8 Å². The number of carbonyl (C=O) groups is 2. The maximum atomic E-state index is 13.4. The Morgan fingerprint density at radius 1 is 1.07 bits per heavy atom. The topological polar surface area (TPSA) is 59.1 Å². The molecule has 1 saturated carbocycles. The van der Waals surface area contributed by atoms with Crippen molar-refractivity contribution in [3.05, 3.63) is 23.8 Å². The highest BCUT2D eigenvalue weighted by molar-refractivity contribution is 6.00. The molecule has 2 aliphatic heterocycles. The predicted molar refractivity (Wildman–Crippen MR) is 106 cm³/mol. The van der Waals surface area contributed by atoms with E-state index in [1.165, 1.54) is 0 Å². The van der Waals surface area contributed by atoms with Crippen molar-refractivity contribution < 1.29 is 19.1 Å². The second kappa shape index (κ2) is 7.64. The molecule has 0 N–H and O–H groups in total. The Balaban J connectivity index is 1.61. The SMILES string of the molecule is CCOc1ccc(C(=O)N2CCCC23CCCN(C2CC2)C3=O)cc1OCC. The molecule has 1 spiro atoms. The first-order valence-corrected chi connectivity index (χ1v) is 10.6. The average molecular weight is 386 g/mol. The van der Waals surface area contributed by atoms with Gasteiger partial charge in [0.15, 0.2) is 11.5 Å². The van der Waals surface area contributed by atoms with Crippen LogP contribution in [0.2, 0.25) is 0 Å². The van der Waals surface area contributed by atoms with Crippen LogP contribution in [-0.2, 0) is 4.79 Å². The number of ether oxygens (including phenoxy) is 2. The van der Waals surface area contributed by atoms with Gasteiger partial charge in [-0.25, -0.2) is 0 Å². The molecule has 0 aromatic heterocycles. The smallest absolute Gasteiger partial charge is 0.254 e. The number of benzene rings is 1.